The van der Waals surface area contributed by atoms with Gasteiger partial charge in [-0.05, 0) is 24.1 Å². The molecule has 3 aromatic rings. The first-order valence-electron chi connectivity index (χ1n) is 10.2. The maximum atomic E-state index is 13.0. The molecule has 1 unspecified atom stereocenters. The Bertz CT molecular complexity index is 1100. The number of aromatic nitrogens is 1. The summed E-state index contributed by atoms with van der Waals surface area (Å²) < 4.78 is 11.4. The number of hydrogen-bond donors (Lipinski definition) is 1. The van der Waals surface area contributed by atoms with Gasteiger partial charge in [-0.2, -0.15) is 0 Å². The molecule has 7 nitrogen and oxygen atoms in total. The first-order valence-corrected chi connectivity index (χ1v) is 11.0. The first-order chi connectivity index (χ1) is 15.1. The summed E-state index contributed by atoms with van der Waals surface area (Å²) >= 11 is 1.35. The molecular weight excluding hydrogens is 414 g/mol. The normalized spacial score (nSPS) is 16.3. The van der Waals surface area contributed by atoms with Gasteiger partial charge >= 0.3 is 0 Å². The van der Waals surface area contributed by atoms with E-state index < -0.39 is 0 Å². The number of benzene rings is 1. The van der Waals surface area contributed by atoms with Crippen LogP contribution in [0.25, 0.3) is 10.2 Å². The van der Waals surface area contributed by atoms with Crippen LogP contribution < -0.4 is 10.1 Å². The monoisotopic (exact) mass is 439 g/mol. The molecular formula is C23H25N3O4S. The van der Waals surface area contributed by atoms with Gasteiger partial charge in [-0.3, -0.25) is 9.59 Å². The molecule has 0 saturated carbocycles. The maximum absolute atomic E-state index is 13.0. The van der Waals surface area contributed by atoms with Gasteiger partial charge in [0.1, 0.15) is 21.6 Å². The van der Waals surface area contributed by atoms with Crippen LogP contribution >= 0.6 is 11.3 Å². The third-order valence-electron chi connectivity index (χ3n) is 5.48. The molecule has 1 aliphatic rings. The highest BCUT2D eigenvalue weighted by Crippen LogP contribution is 2.37. The van der Waals surface area contributed by atoms with E-state index in [1.807, 2.05) is 41.3 Å². The molecule has 1 aromatic carbocycles. The summed E-state index contributed by atoms with van der Waals surface area (Å²) in [6.45, 7) is 1.38. The van der Waals surface area contributed by atoms with E-state index in [-0.39, 0.29) is 17.9 Å². The lowest BCUT2D eigenvalue weighted by Gasteiger charge is -2.33. The minimum absolute atomic E-state index is 0.0679. The van der Waals surface area contributed by atoms with Crippen LogP contribution in [0.5, 0.6) is 5.75 Å². The summed E-state index contributed by atoms with van der Waals surface area (Å²) in [4.78, 5) is 33.1. The van der Waals surface area contributed by atoms with Crippen molar-refractivity contribution in [3.63, 3.8) is 0 Å². The van der Waals surface area contributed by atoms with Crippen LogP contribution in [-0.4, -0.2) is 55.6 Å². The summed E-state index contributed by atoms with van der Waals surface area (Å²) in [5, 5.41) is 3.60. The molecule has 1 fully saturated rings. The van der Waals surface area contributed by atoms with E-state index in [1.165, 1.54) is 11.3 Å². The molecule has 2 amide bonds. The van der Waals surface area contributed by atoms with Gasteiger partial charge in [0.2, 0.25) is 5.91 Å². The van der Waals surface area contributed by atoms with Gasteiger partial charge in [0.05, 0.1) is 20.3 Å². The number of morpholine rings is 1. The number of fused-ring (bicyclic) bond motifs is 1. The van der Waals surface area contributed by atoms with Crippen LogP contribution in [0.1, 0.15) is 33.3 Å². The Balaban J connectivity index is 1.52. The zero-order chi connectivity index (χ0) is 21.8. The summed E-state index contributed by atoms with van der Waals surface area (Å²) in [6, 6.07) is 11.6. The van der Waals surface area contributed by atoms with Gasteiger partial charge in [0.15, 0.2) is 0 Å². The summed E-state index contributed by atoms with van der Waals surface area (Å²) in [6.07, 6.45) is 2.35. The second-order valence-electron chi connectivity index (χ2n) is 7.29. The molecule has 1 N–H and O–H groups in total. The fourth-order valence-electron chi connectivity index (χ4n) is 3.91. The second-order valence-corrected chi connectivity index (χ2v) is 8.29. The zero-order valence-electron chi connectivity index (χ0n) is 17.6. The van der Waals surface area contributed by atoms with Crippen LogP contribution in [0.15, 0.2) is 42.6 Å². The van der Waals surface area contributed by atoms with E-state index >= 15 is 0 Å². The van der Waals surface area contributed by atoms with Gasteiger partial charge in [-0.25, -0.2) is 4.98 Å². The largest absolute Gasteiger partial charge is 0.496 e. The Morgan fingerprint density at radius 3 is 2.94 bits per heavy atom. The van der Waals surface area contributed by atoms with E-state index in [9.17, 15) is 9.59 Å². The molecule has 0 aliphatic carbocycles. The first kappa shape index (κ1) is 21.3. The Labute approximate surface area is 185 Å². The molecule has 4 rings (SSSR count). The summed E-state index contributed by atoms with van der Waals surface area (Å²) in [5.74, 6) is 0.696. The van der Waals surface area contributed by atoms with E-state index in [1.54, 1.807) is 20.4 Å². The lowest BCUT2D eigenvalue weighted by atomic mass is 10.0. The molecule has 0 radical (unpaired) electrons. The van der Waals surface area contributed by atoms with Gasteiger partial charge in [0, 0.05) is 37.2 Å². The SMILES string of the molecule is CNC(=O)c1sc2ncccc2c1C1CN(C(=O)CCc2ccccc2OC)CCO1. The fourth-order valence-corrected chi connectivity index (χ4v) is 5.05. The number of rotatable bonds is 6. The minimum atomic E-state index is -0.366. The third-order valence-corrected chi connectivity index (χ3v) is 6.61. The van der Waals surface area contributed by atoms with Gasteiger partial charge < -0.3 is 19.7 Å². The number of nitrogens with one attached hydrogen (secondary N) is 1. The number of carbonyl (C=O) groups excluding carboxylic acids is 2. The molecule has 2 aromatic heterocycles. The number of ether oxygens (including phenoxy) is 2. The average molecular weight is 440 g/mol. The number of para-hydroxylation sites is 1. The highest BCUT2D eigenvalue weighted by atomic mass is 32.1. The van der Waals surface area contributed by atoms with Crippen LogP contribution in [0.2, 0.25) is 0 Å². The fraction of sp³-hybridized carbons (Fsp3) is 0.348. The Kier molecular flexibility index (Phi) is 6.48. The number of amides is 2. The van der Waals surface area contributed by atoms with Crippen molar-refractivity contribution in [2.24, 2.45) is 0 Å². The van der Waals surface area contributed by atoms with Crippen molar-refractivity contribution in [3.05, 3.63) is 58.6 Å². The molecule has 1 atom stereocenters. The number of aryl methyl sites for hydroxylation is 1. The number of pyridine rings is 1. The van der Waals surface area contributed by atoms with Crippen LogP contribution in [0.4, 0.5) is 0 Å². The highest BCUT2D eigenvalue weighted by Gasteiger charge is 2.31. The zero-order valence-corrected chi connectivity index (χ0v) is 18.4. The average Bonchev–Trinajstić information content (AvgIpc) is 3.22. The van der Waals surface area contributed by atoms with Crippen molar-refractivity contribution in [2.75, 3.05) is 33.9 Å². The van der Waals surface area contributed by atoms with Crippen molar-refractivity contribution < 1.29 is 19.1 Å². The predicted octanol–water partition coefficient (Wildman–Crippen LogP) is 3.20. The predicted molar refractivity (Wildman–Crippen MR) is 120 cm³/mol. The number of thiophene rings is 1. The van der Waals surface area contributed by atoms with Crippen molar-refractivity contribution in [1.82, 2.24) is 15.2 Å². The van der Waals surface area contributed by atoms with E-state index in [0.29, 0.717) is 37.4 Å². The molecule has 8 heteroatoms. The van der Waals surface area contributed by atoms with Crippen LogP contribution in [-0.2, 0) is 16.0 Å². The van der Waals surface area contributed by atoms with Crippen LogP contribution in [0, 0.1) is 0 Å². The number of hydrogen-bond acceptors (Lipinski definition) is 6. The molecule has 1 aliphatic heterocycles. The lowest BCUT2D eigenvalue weighted by Crippen LogP contribution is -2.42. The molecule has 1 saturated heterocycles. The van der Waals surface area contributed by atoms with Gasteiger partial charge in [0.25, 0.3) is 5.91 Å². The molecule has 31 heavy (non-hydrogen) atoms. The third kappa shape index (κ3) is 4.40. The van der Waals surface area contributed by atoms with E-state index in [0.717, 1.165) is 27.1 Å². The maximum Gasteiger partial charge on any atom is 0.261 e. The number of methoxy groups -OCH3 is 1. The minimum Gasteiger partial charge on any atom is -0.496 e. The molecule has 3 heterocycles. The van der Waals surface area contributed by atoms with E-state index in [2.05, 4.69) is 10.3 Å². The Morgan fingerprint density at radius 1 is 1.29 bits per heavy atom. The van der Waals surface area contributed by atoms with Gasteiger partial charge in [-0.15, -0.1) is 11.3 Å². The number of carbonyl (C=O) groups is 2. The van der Waals surface area contributed by atoms with Crippen molar-refractivity contribution in [3.8, 4) is 5.75 Å². The molecule has 0 bridgehead atoms. The summed E-state index contributed by atoms with van der Waals surface area (Å²) in [5.41, 5.74) is 1.83. The van der Waals surface area contributed by atoms with Crippen molar-refractivity contribution in [1.29, 1.82) is 0 Å². The second kappa shape index (κ2) is 9.45. The highest BCUT2D eigenvalue weighted by molar-refractivity contribution is 7.20. The van der Waals surface area contributed by atoms with Crippen molar-refractivity contribution in [2.45, 2.75) is 18.9 Å². The number of nitrogens with zero attached hydrogens (tertiary/aromatic N) is 2. The Hall–Kier alpha value is -2.97. The Morgan fingerprint density at radius 2 is 2.13 bits per heavy atom. The van der Waals surface area contributed by atoms with E-state index in [4.69, 9.17) is 9.47 Å². The topological polar surface area (TPSA) is 80.8 Å². The van der Waals surface area contributed by atoms with Crippen LogP contribution in [0.3, 0.4) is 0 Å². The quantitative estimate of drug-likeness (QED) is 0.638. The standard InChI is InChI=1S/C23H25N3O4S/c1-24-22(28)21-20(16-7-5-11-25-23(16)31-21)18-14-26(12-13-30-18)19(27)10-9-15-6-3-4-8-17(15)29-2/h3-8,11,18H,9-10,12-14H2,1-2H3,(H,24,28). The summed E-state index contributed by atoms with van der Waals surface area (Å²) in [7, 11) is 3.25. The molecule has 0 spiro atoms. The molecule has 162 valence electrons. The van der Waals surface area contributed by atoms with Gasteiger partial charge in [-0.1, -0.05) is 24.3 Å². The van der Waals surface area contributed by atoms with Crippen molar-refractivity contribution >= 4 is 33.4 Å². The smallest absolute Gasteiger partial charge is 0.261 e. The lowest BCUT2D eigenvalue weighted by molar-refractivity contribution is -0.138.